The van der Waals surface area contributed by atoms with Crippen molar-refractivity contribution in [3.8, 4) is 0 Å². The minimum atomic E-state index is -0.293. The van der Waals surface area contributed by atoms with Gasteiger partial charge in [-0.2, -0.15) is 10.1 Å². The standard InChI is InChI=1S/C17H17N5OS/c1-11-14(16(23)21-12-6-3-2-4-7-12)15(13-8-5-9-24-13)22-17(20-11)18-10-19-22/h2-11,14-15H,1H3,(H,21,23)(H,18,19,20)/t11-,14-,15-/m0/s1. The van der Waals surface area contributed by atoms with Gasteiger partial charge in [-0.15, -0.1) is 11.3 Å². The molecule has 0 unspecified atom stereocenters. The van der Waals surface area contributed by atoms with Gasteiger partial charge in [0.1, 0.15) is 12.4 Å². The number of hydrogen-bond acceptors (Lipinski definition) is 5. The minimum Gasteiger partial charge on any atom is -0.351 e. The number of fused-ring (bicyclic) bond motifs is 1. The van der Waals surface area contributed by atoms with Crippen molar-refractivity contribution in [3.63, 3.8) is 0 Å². The Kier molecular flexibility index (Phi) is 3.78. The lowest BCUT2D eigenvalue weighted by Gasteiger charge is -2.36. The molecule has 0 fully saturated rings. The Balaban J connectivity index is 1.71. The number of aromatic nitrogens is 3. The molecule has 0 saturated heterocycles. The van der Waals surface area contributed by atoms with Crippen molar-refractivity contribution in [2.45, 2.75) is 19.0 Å². The first-order valence-electron chi connectivity index (χ1n) is 7.79. The van der Waals surface area contributed by atoms with Crippen LogP contribution in [0, 0.1) is 5.92 Å². The van der Waals surface area contributed by atoms with Gasteiger partial charge in [-0.3, -0.25) is 4.79 Å². The van der Waals surface area contributed by atoms with Gasteiger partial charge in [0.2, 0.25) is 11.9 Å². The molecule has 1 aromatic carbocycles. The van der Waals surface area contributed by atoms with Crippen molar-refractivity contribution >= 4 is 28.9 Å². The van der Waals surface area contributed by atoms with Crippen molar-refractivity contribution in [3.05, 3.63) is 59.0 Å². The predicted octanol–water partition coefficient (Wildman–Crippen LogP) is 3.00. The van der Waals surface area contributed by atoms with Gasteiger partial charge in [0.25, 0.3) is 0 Å². The Bertz CT molecular complexity index is 830. The molecule has 1 aliphatic heterocycles. The van der Waals surface area contributed by atoms with Gasteiger partial charge < -0.3 is 10.6 Å². The molecule has 2 N–H and O–H groups in total. The second-order valence-electron chi connectivity index (χ2n) is 5.80. The van der Waals surface area contributed by atoms with Crippen LogP contribution in [0.25, 0.3) is 0 Å². The van der Waals surface area contributed by atoms with Crippen LogP contribution in [0.15, 0.2) is 54.2 Å². The van der Waals surface area contributed by atoms with Crippen LogP contribution in [0.3, 0.4) is 0 Å². The number of rotatable bonds is 3. The van der Waals surface area contributed by atoms with E-state index < -0.39 is 0 Å². The van der Waals surface area contributed by atoms with Crippen molar-refractivity contribution in [1.29, 1.82) is 0 Å². The summed E-state index contributed by atoms with van der Waals surface area (Å²) in [5, 5.41) is 12.7. The number of para-hydroxylation sites is 1. The van der Waals surface area contributed by atoms with Gasteiger partial charge in [0.15, 0.2) is 0 Å². The van der Waals surface area contributed by atoms with E-state index in [1.165, 1.54) is 6.33 Å². The Morgan fingerprint density at radius 1 is 1.25 bits per heavy atom. The Morgan fingerprint density at radius 3 is 2.83 bits per heavy atom. The first-order chi connectivity index (χ1) is 11.7. The highest BCUT2D eigenvalue weighted by Gasteiger charge is 2.41. The van der Waals surface area contributed by atoms with E-state index in [2.05, 4.69) is 20.7 Å². The molecule has 3 aromatic rings. The van der Waals surface area contributed by atoms with Crippen LogP contribution in [0.4, 0.5) is 11.6 Å². The molecule has 3 heterocycles. The Labute approximate surface area is 143 Å². The summed E-state index contributed by atoms with van der Waals surface area (Å²) in [4.78, 5) is 18.4. The molecule has 122 valence electrons. The summed E-state index contributed by atoms with van der Waals surface area (Å²) in [6.45, 7) is 2.01. The number of hydrogen-bond donors (Lipinski definition) is 2. The van der Waals surface area contributed by atoms with Crippen LogP contribution in [-0.4, -0.2) is 26.7 Å². The number of carbonyl (C=O) groups is 1. The summed E-state index contributed by atoms with van der Waals surface area (Å²) in [6, 6.07) is 13.3. The van der Waals surface area contributed by atoms with Crippen molar-refractivity contribution in [2.24, 2.45) is 5.92 Å². The van der Waals surface area contributed by atoms with E-state index >= 15 is 0 Å². The highest BCUT2D eigenvalue weighted by molar-refractivity contribution is 7.10. The monoisotopic (exact) mass is 339 g/mol. The number of nitrogens with one attached hydrogen (secondary N) is 2. The Morgan fingerprint density at radius 2 is 2.08 bits per heavy atom. The number of amides is 1. The third kappa shape index (κ3) is 2.56. The number of thiophene rings is 1. The first kappa shape index (κ1) is 14.9. The fourth-order valence-electron chi connectivity index (χ4n) is 3.15. The fourth-order valence-corrected chi connectivity index (χ4v) is 4.01. The minimum absolute atomic E-state index is 0.0271. The van der Waals surface area contributed by atoms with E-state index in [0.717, 1.165) is 10.6 Å². The molecule has 0 aliphatic carbocycles. The number of nitrogens with zero attached hydrogens (tertiary/aromatic N) is 3. The van der Waals surface area contributed by atoms with Crippen molar-refractivity contribution in [2.75, 3.05) is 10.6 Å². The zero-order valence-corrected chi connectivity index (χ0v) is 13.9. The zero-order chi connectivity index (χ0) is 16.5. The molecule has 6 nitrogen and oxygen atoms in total. The summed E-state index contributed by atoms with van der Waals surface area (Å²) in [6.07, 6.45) is 1.52. The third-order valence-electron chi connectivity index (χ3n) is 4.25. The molecule has 3 atom stereocenters. The van der Waals surface area contributed by atoms with Gasteiger partial charge in [0, 0.05) is 16.6 Å². The van der Waals surface area contributed by atoms with E-state index in [-0.39, 0.29) is 23.9 Å². The number of carbonyl (C=O) groups excluding carboxylic acids is 1. The van der Waals surface area contributed by atoms with Gasteiger partial charge in [-0.1, -0.05) is 24.3 Å². The summed E-state index contributed by atoms with van der Waals surface area (Å²) in [5.41, 5.74) is 0.795. The van der Waals surface area contributed by atoms with Crippen LogP contribution in [0.5, 0.6) is 0 Å². The first-order valence-corrected chi connectivity index (χ1v) is 8.67. The number of anilines is 2. The quantitative estimate of drug-likeness (QED) is 0.769. The summed E-state index contributed by atoms with van der Waals surface area (Å²) in [5.74, 6) is 0.378. The summed E-state index contributed by atoms with van der Waals surface area (Å²) in [7, 11) is 0. The maximum Gasteiger partial charge on any atom is 0.232 e. The maximum atomic E-state index is 13.0. The van der Waals surface area contributed by atoms with Crippen molar-refractivity contribution in [1.82, 2.24) is 14.8 Å². The zero-order valence-electron chi connectivity index (χ0n) is 13.1. The average molecular weight is 339 g/mol. The third-order valence-corrected chi connectivity index (χ3v) is 5.19. The van der Waals surface area contributed by atoms with Crippen LogP contribution in [0.2, 0.25) is 0 Å². The Hall–Kier alpha value is -2.67. The lowest BCUT2D eigenvalue weighted by molar-refractivity contribution is -0.121. The number of benzene rings is 1. The van der Waals surface area contributed by atoms with Crippen LogP contribution in [-0.2, 0) is 4.79 Å². The molecule has 1 aliphatic rings. The normalized spacial score (nSPS) is 22.5. The molecule has 0 saturated carbocycles. The molecule has 1 amide bonds. The van der Waals surface area contributed by atoms with E-state index in [9.17, 15) is 4.79 Å². The fraction of sp³-hybridized carbons (Fsp3) is 0.235. The largest absolute Gasteiger partial charge is 0.351 e. The summed E-state index contributed by atoms with van der Waals surface area (Å²) < 4.78 is 1.81. The smallest absolute Gasteiger partial charge is 0.232 e. The van der Waals surface area contributed by atoms with Crippen LogP contribution >= 0.6 is 11.3 Å². The SMILES string of the molecule is C[C@@H]1Nc2ncnn2[C@@H](c2cccs2)[C@H]1C(=O)Nc1ccccc1. The molecule has 2 aromatic heterocycles. The van der Waals surface area contributed by atoms with Gasteiger partial charge in [0.05, 0.1) is 5.92 Å². The van der Waals surface area contributed by atoms with Crippen LogP contribution in [0.1, 0.15) is 17.8 Å². The van der Waals surface area contributed by atoms with Gasteiger partial charge in [-0.05, 0) is 30.5 Å². The molecule has 24 heavy (non-hydrogen) atoms. The summed E-state index contributed by atoms with van der Waals surface area (Å²) >= 11 is 1.63. The second kappa shape index (κ2) is 6.09. The van der Waals surface area contributed by atoms with E-state index in [4.69, 9.17) is 0 Å². The second-order valence-corrected chi connectivity index (χ2v) is 6.78. The van der Waals surface area contributed by atoms with E-state index in [1.807, 2.05) is 54.8 Å². The van der Waals surface area contributed by atoms with Crippen molar-refractivity contribution < 1.29 is 4.79 Å². The average Bonchev–Trinajstić information content (AvgIpc) is 3.25. The highest BCUT2D eigenvalue weighted by atomic mass is 32.1. The molecule has 7 heteroatoms. The highest BCUT2D eigenvalue weighted by Crippen LogP contribution is 2.38. The molecular formula is C17H17N5OS. The molecule has 4 rings (SSSR count). The van der Waals surface area contributed by atoms with Gasteiger partial charge in [-0.25, -0.2) is 4.68 Å². The van der Waals surface area contributed by atoms with E-state index in [0.29, 0.717) is 5.95 Å². The molecular weight excluding hydrogens is 322 g/mol. The predicted molar refractivity (Wildman–Crippen MR) is 94.1 cm³/mol. The van der Waals surface area contributed by atoms with Gasteiger partial charge >= 0.3 is 0 Å². The van der Waals surface area contributed by atoms with E-state index in [1.54, 1.807) is 16.0 Å². The maximum absolute atomic E-state index is 13.0. The topological polar surface area (TPSA) is 71.8 Å². The molecule has 0 radical (unpaired) electrons. The van der Waals surface area contributed by atoms with Crippen LogP contribution < -0.4 is 10.6 Å². The lowest BCUT2D eigenvalue weighted by Crippen LogP contribution is -2.46. The molecule has 0 bridgehead atoms. The molecule has 0 spiro atoms. The lowest BCUT2D eigenvalue weighted by atomic mass is 9.89.